The molecule has 0 fully saturated rings. The lowest BCUT2D eigenvalue weighted by Crippen LogP contribution is -2.48. The minimum Gasteiger partial charge on any atom is -0.489 e. The summed E-state index contributed by atoms with van der Waals surface area (Å²) in [5.41, 5.74) is 4.41. The molecule has 0 radical (unpaired) electrons. The van der Waals surface area contributed by atoms with Crippen LogP contribution in [0, 0.1) is 0 Å². The summed E-state index contributed by atoms with van der Waals surface area (Å²) in [6.07, 6.45) is 0. The summed E-state index contributed by atoms with van der Waals surface area (Å²) in [5, 5.41) is 23.7. The third-order valence-corrected chi connectivity index (χ3v) is 5.62. The average Bonchev–Trinajstić information content (AvgIpc) is 2.82. The normalized spacial score (nSPS) is 11.4. The molecule has 0 heterocycles. The van der Waals surface area contributed by atoms with E-state index in [1.165, 1.54) is 0 Å². The summed E-state index contributed by atoms with van der Waals surface area (Å²) in [6.45, 7) is 5.80. The lowest BCUT2D eigenvalue weighted by atomic mass is 9.98. The first-order valence-electron chi connectivity index (χ1n) is 11.0. The van der Waals surface area contributed by atoms with Crippen molar-refractivity contribution in [3.05, 3.63) is 95.1 Å². The molecule has 5 nitrogen and oxygen atoms in total. The predicted octanol–water partition coefficient (Wildman–Crippen LogP) is 4.25. The van der Waals surface area contributed by atoms with Crippen molar-refractivity contribution in [1.29, 1.82) is 0 Å². The van der Waals surface area contributed by atoms with E-state index in [1.807, 2.05) is 60.7 Å². The average molecular weight is 435 g/mol. The van der Waals surface area contributed by atoms with Gasteiger partial charge in [0.05, 0.1) is 13.2 Å². The van der Waals surface area contributed by atoms with Crippen LogP contribution in [0.25, 0.3) is 0 Å². The fourth-order valence-corrected chi connectivity index (χ4v) is 3.88. The van der Waals surface area contributed by atoms with Gasteiger partial charge in [0, 0.05) is 36.9 Å². The van der Waals surface area contributed by atoms with E-state index >= 15 is 0 Å². The Morgan fingerprint density at radius 2 is 1.50 bits per heavy atom. The van der Waals surface area contributed by atoms with Crippen LogP contribution in [0.5, 0.6) is 5.75 Å². The SMILES string of the molecule is CN(CC(C)(C)NCc1c(CO)ccc(OCc2ccccc2)c1CO)c1ccccc1. The molecule has 3 aromatic rings. The molecule has 3 rings (SSSR count). The van der Waals surface area contributed by atoms with Crippen molar-refractivity contribution in [1.82, 2.24) is 5.32 Å². The van der Waals surface area contributed by atoms with Gasteiger partial charge in [-0.2, -0.15) is 0 Å². The molecule has 0 aliphatic rings. The second-order valence-electron chi connectivity index (χ2n) is 8.70. The molecule has 32 heavy (non-hydrogen) atoms. The van der Waals surface area contributed by atoms with Crippen LogP contribution in [-0.2, 0) is 26.4 Å². The van der Waals surface area contributed by atoms with Gasteiger partial charge < -0.3 is 25.2 Å². The number of anilines is 1. The maximum absolute atomic E-state index is 10.1. The smallest absolute Gasteiger partial charge is 0.125 e. The third-order valence-electron chi connectivity index (χ3n) is 5.62. The number of benzene rings is 3. The number of aliphatic hydroxyl groups excluding tert-OH is 2. The van der Waals surface area contributed by atoms with Gasteiger partial charge in [-0.25, -0.2) is 0 Å². The third kappa shape index (κ3) is 6.33. The highest BCUT2D eigenvalue weighted by atomic mass is 16.5. The molecule has 0 aromatic heterocycles. The van der Waals surface area contributed by atoms with Crippen LogP contribution in [0.2, 0.25) is 0 Å². The summed E-state index contributed by atoms with van der Waals surface area (Å²) in [7, 11) is 2.08. The summed E-state index contributed by atoms with van der Waals surface area (Å²) in [4.78, 5) is 2.21. The Balaban J connectivity index is 1.73. The highest BCUT2D eigenvalue weighted by Gasteiger charge is 2.22. The van der Waals surface area contributed by atoms with E-state index in [9.17, 15) is 10.2 Å². The quantitative estimate of drug-likeness (QED) is 0.421. The number of hydrogen-bond donors (Lipinski definition) is 3. The number of ether oxygens (including phenoxy) is 1. The molecule has 0 aliphatic carbocycles. The number of likely N-dealkylation sites (N-methyl/N-ethyl adjacent to an activating group) is 1. The maximum atomic E-state index is 10.1. The van der Waals surface area contributed by atoms with E-state index in [1.54, 1.807) is 0 Å². The topological polar surface area (TPSA) is 65.0 Å². The van der Waals surface area contributed by atoms with Gasteiger partial charge in [-0.3, -0.25) is 0 Å². The molecule has 0 spiro atoms. The molecule has 3 N–H and O–H groups in total. The zero-order chi connectivity index (χ0) is 23.0. The minimum atomic E-state index is -0.203. The van der Waals surface area contributed by atoms with Gasteiger partial charge in [-0.15, -0.1) is 0 Å². The molecule has 170 valence electrons. The van der Waals surface area contributed by atoms with Crippen molar-refractivity contribution in [2.75, 3.05) is 18.5 Å². The number of hydrogen-bond acceptors (Lipinski definition) is 5. The molecule has 0 bridgehead atoms. The summed E-state index contributed by atoms with van der Waals surface area (Å²) >= 11 is 0. The van der Waals surface area contributed by atoms with E-state index in [0.717, 1.165) is 28.9 Å². The fraction of sp³-hybridized carbons (Fsp3) is 0.333. The van der Waals surface area contributed by atoms with Crippen molar-refractivity contribution < 1.29 is 14.9 Å². The van der Waals surface area contributed by atoms with Gasteiger partial charge in [0.2, 0.25) is 0 Å². The minimum absolute atomic E-state index is 0.0900. The van der Waals surface area contributed by atoms with Crippen LogP contribution in [0.4, 0.5) is 5.69 Å². The Bertz CT molecular complexity index is 975. The van der Waals surface area contributed by atoms with Gasteiger partial charge in [0.1, 0.15) is 12.4 Å². The Morgan fingerprint density at radius 3 is 2.12 bits per heavy atom. The first-order chi connectivity index (χ1) is 15.4. The largest absolute Gasteiger partial charge is 0.489 e. The van der Waals surface area contributed by atoms with Crippen molar-refractivity contribution in [3.63, 3.8) is 0 Å². The molecule has 0 saturated heterocycles. The molecule has 0 aliphatic heterocycles. The van der Waals surface area contributed by atoms with E-state index in [4.69, 9.17) is 4.74 Å². The second kappa shape index (κ2) is 11.1. The monoisotopic (exact) mass is 434 g/mol. The second-order valence-corrected chi connectivity index (χ2v) is 8.70. The van der Waals surface area contributed by atoms with Crippen molar-refractivity contribution in [2.24, 2.45) is 0 Å². The van der Waals surface area contributed by atoms with Crippen molar-refractivity contribution in [3.8, 4) is 5.75 Å². The lowest BCUT2D eigenvalue weighted by molar-refractivity contribution is 0.252. The zero-order valence-corrected chi connectivity index (χ0v) is 19.2. The molecule has 0 saturated carbocycles. The molecule has 3 aromatic carbocycles. The van der Waals surface area contributed by atoms with Gasteiger partial charge in [0.15, 0.2) is 0 Å². The van der Waals surface area contributed by atoms with Crippen LogP contribution < -0.4 is 15.0 Å². The van der Waals surface area contributed by atoms with Gasteiger partial charge in [-0.05, 0) is 48.7 Å². The molecule has 0 atom stereocenters. The standard InChI is InChI=1S/C27H34N2O3/c1-27(2,20-29(3)23-12-8-5-9-13-23)28-16-24-22(17-30)14-15-26(25(24)18-31)32-19-21-10-6-4-7-11-21/h4-15,28,30-31H,16-20H2,1-3H3. The molecular formula is C27H34N2O3. The predicted molar refractivity (Wildman–Crippen MR) is 130 cm³/mol. The van der Waals surface area contributed by atoms with E-state index in [2.05, 4.69) is 43.2 Å². The van der Waals surface area contributed by atoms with E-state index in [-0.39, 0.29) is 18.8 Å². The van der Waals surface area contributed by atoms with Crippen LogP contribution in [0.15, 0.2) is 72.8 Å². The van der Waals surface area contributed by atoms with Gasteiger partial charge >= 0.3 is 0 Å². The van der Waals surface area contributed by atoms with Crippen LogP contribution in [0.3, 0.4) is 0 Å². The molecule has 0 unspecified atom stereocenters. The molecular weight excluding hydrogens is 400 g/mol. The Morgan fingerprint density at radius 1 is 0.844 bits per heavy atom. The number of rotatable bonds is 11. The Kier molecular flexibility index (Phi) is 8.28. The van der Waals surface area contributed by atoms with E-state index < -0.39 is 0 Å². The number of nitrogens with one attached hydrogen (secondary N) is 1. The zero-order valence-electron chi connectivity index (χ0n) is 19.2. The number of para-hydroxylation sites is 1. The number of aliphatic hydroxyl groups is 2. The highest BCUT2D eigenvalue weighted by Crippen LogP contribution is 2.28. The van der Waals surface area contributed by atoms with Crippen molar-refractivity contribution in [2.45, 2.75) is 45.8 Å². The van der Waals surface area contributed by atoms with Gasteiger partial charge in [0.25, 0.3) is 0 Å². The maximum Gasteiger partial charge on any atom is 0.125 e. The van der Waals surface area contributed by atoms with E-state index in [0.29, 0.717) is 24.5 Å². The molecule has 0 amide bonds. The van der Waals surface area contributed by atoms with Crippen molar-refractivity contribution >= 4 is 5.69 Å². The molecule has 5 heteroatoms. The van der Waals surface area contributed by atoms with Crippen LogP contribution in [0.1, 0.15) is 36.1 Å². The summed E-state index contributed by atoms with van der Waals surface area (Å²) < 4.78 is 6.03. The van der Waals surface area contributed by atoms with Crippen LogP contribution in [-0.4, -0.2) is 29.3 Å². The van der Waals surface area contributed by atoms with Crippen LogP contribution >= 0.6 is 0 Å². The summed E-state index contributed by atoms with van der Waals surface area (Å²) in [5.74, 6) is 0.643. The van der Waals surface area contributed by atoms with Gasteiger partial charge in [-0.1, -0.05) is 54.6 Å². The fourth-order valence-electron chi connectivity index (χ4n) is 3.88. The Labute approximate surface area is 191 Å². The first kappa shape index (κ1) is 23.8. The summed E-state index contributed by atoms with van der Waals surface area (Å²) in [6, 6.07) is 23.9. The highest BCUT2D eigenvalue weighted by molar-refractivity contribution is 5.46. The Hall–Kier alpha value is -2.86. The lowest BCUT2D eigenvalue weighted by Gasteiger charge is -2.33. The first-order valence-corrected chi connectivity index (χ1v) is 11.0. The number of nitrogens with zero attached hydrogens (tertiary/aromatic N) is 1.